The van der Waals surface area contributed by atoms with Crippen LogP contribution >= 0.6 is 0 Å². The van der Waals surface area contributed by atoms with E-state index in [-0.39, 0.29) is 0 Å². The predicted molar refractivity (Wildman–Crippen MR) is 82.4 cm³/mol. The highest BCUT2D eigenvalue weighted by molar-refractivity contribution is 5.16. The van der Waals surface area contributed by atoms with E-state index in [2.05, 4.69) is 61.3 Å². The highest BCUT2D eigenvalue weighted by Gasteiger charge is 2.26. The average molecular weight is 260 g/mol. The molecule has 0 bridgehead atoms. The molecule has 2 heteroatoms. The lowest BCUT2D eigenvalue weighted by atomic mass is 9.96. The summed E-state index contributed by atoms with van der Waals surface area (Å²) in [5, 5.41) is 3.67. The first kappa shape index (κ1) is 14.5. The van der Waals surface area contributed by atoms with Crippen molar-refractivity contribution in [3.8, 4) is 0 Å². The van der Waals surface area contributed by atoms with Crippen LogP contribution in [0.5, 0.6) is 0 Å². The summed E-state index contributed by atoms with van der Waals surface area (Å²) in [7, 11) is 0. The molecule has 2 atom stereocenters. The fourth-order valence-electron chi connectivity index (χ4n) is 3.34. The van der Waals surface area contributed by atoms with Crippen molar-refractivity contribution in [3.63, 3.8) is 0 Å². The Bertz CT molecular complexity index is 361. The molecule has 0 amide bonds. The Labute approximate surface area is 118 Å². The fourth-order valence-corrected chi connectivity index (χ4v) is 3.34. The number of benzene rings is 1. The largest absolute Gasteiger partial charge is 0.311 e. The van der Waals surface area contributed by atoms with Gasteiger partial charge in [0.15, 0.2) is 0 Å². The molecule has 1 aromatic carbocycles. The van der Waals surface area contributed by atoms with Gasteiger partial charge in [0.1, 0.15) is 0 Å². The molecule has 1 fully saturated rings. The molecule has 1 aromatic rings. The summed E-state index contributed by atoms with van der Waals surface area (Å²) >= 11 is 0. The van der Waals surface area contributed by atoms with Crippen LogP contribution in [0.3, 0.4) is 0 Å². The summed E-state index contributed by atoms with van der Waals surface area (Å²) < 4.78 is 0. The third-order valence-electron chi connectivity index (χ3n) is 4.27. The monoisotopic (exact) mass is 260 g/mol. The quantitative estimate of drug-likeness (QED) is 0.875. The van der Waals surface area contributed by atoms with E-state index >= 15 is 0 Å². The maximum Gasteiger partial charge on any atom is 0.0236 e. The van der Waals surface area contributed by atoms with Crippen LogP contribution in [0.15, 0.2) is 30.3 Å². The van der Waals surface area contributed by atoms with Gasteiger partial charge in [0.05, 0.1) is 0 Å². The first-order valence-electron chi connectivity index (χ1n) is 7.72. The van der Waals surface area contributed by atoms with Gasteiger partial charge in [-0.25, -0.2) is 0 Å². The number of hydrogen-bond acceptors (Lipinski definition) is 2. The molecule has 0 radical (unpaired) electrons. The molecule has 0 aliphatic carbocycles. The van der Waals surface area contributed by atoms with Crippen molar-refractivity contribution in [1.29, 1.82) is 0 Å². The van der Waals surface area contributed by atoms with Crippen molar-refractivity contribution in [3.05, 3.63) is 35.9 Å². The smallest absolute Gasteiger partial charge is 0.0236 e. The maximum atomic E-state index is 3.67. The highest BCUT2D eigenvalue weighted by atomic mass is 15.2. The molecule has 2 rings (SSSR count). The Kier molecular flexibility index (Phi) is 5.41. The van der Waals surface area contributed by atoms with Crippen LogP contribution in [-0.4, -0.2) is 36.6 Å². The third kappa shape index (κ3) is 4.05. The zero-order valence-corrected chi connectivity index (χ0v) is 12.6. The number of nitrogens with one attached hydrogen (secondary N) is 1. The topological polar surface area (TPSA) is 15.3 Å². The minimum absolute atomic E-state index is 0.601. The van der Waals surface area contributed by atoms with Crippen LogP contribution in [0.4, 0.5) is 0 Å². The van der Waals surface area contributed by atoms with Gasteiger partial charge >= 0.3 is 0 Å². The Morgan fingerprint density at radius 1 is 1.26 bits per heavy atom. The van der Waals surface area contributed by atoms with Crippen molar-refractivity contribution < 1.29 is 0 Å². The molecule has 106 valence electrons. The first-order chi connectivity index (χ1) is 9.20. The van der Waals surface area contributed by atoms with E-state index in [1.807, 2.05) is 0 Å². The highest BCUT2D eigenvalue weighted by Crippen LogP contribution is 2.17. The molecular formula is C17H28N2. The molecule has 1 heterocycles. The number of nitrogens with zero attached hydrogens (tertiary/aromatic N) is 1. The molecule has 19 heavy (non-hydrogen) atoms. The number of rotatable bonds is 5. The van der Waals surface area contributed by atoms with Gasteiger partial charge in [-0.05, 0) is 24.3 Å². The summed E-state index contributed by atoms with van der Waals surface area (Å²) in [6.07, 6.45) is 2.40. The van der Waals surface area contributed by atoms with Crippen molar-refractivity contribution in [2.45, 2.75) is 45.7 Å². The second-order valence-electron chi connectivity index (χ2n) is 6.06. The van der Waals surface area contributed by atoms with Crippen LogP contribution in [-0.2, 0) is 6.42 Å². The Morgan fingerprint density at radius 3 is 2.63 bits per heavy atom. The van der Waals surface area contributed by atoms with Crippen molar-refractivity contribution in [1.82, 2.24) is 10.2 Å². The van der Waals surface area contributed by atoms with E-state index < -0.39 is 0 Å². The van der Waals surface area contributed by atoms with Crippen LogP contribution in [0, 0.1) is 5.92 Å². The molecule has 2 unspecified atom stereocenters. The van der Waals surface area contributed by atoms with Gasteiger partial charge in [-0.3, -0.25) is 4.90 Å². The van der Waals surface area contributed by atoms with E-state index in [0.29, 0.717) is 6.04 Å². The van der Waals surface area contributed by atoms with Crippen LogP contribution < -0.4 is 5.32 Å². The van der Waals surface area contributed by atoms with Crippen LogP contribution in [0.2, 0.25) is 0 Å². The van der Waals surface area contributed by atoms with E-state index in [4.69, 9.17) is 0 Å². The number of piperazine rings is 1. The number of hydrogen-bond donors (Lipinski definition) is 1. The zero-order valence-electron chi connectivity index (χ0n) is 12.6. The maximum absolute atomic E-state index is 3.67. The van der Waals surface area contributed by atoms with Gasteiger partial charge in [0.2, 0.25) is 0 Å². The zero-order chi connectivity index (χ0) is 13.7. The summed E-state index contributed by atoms with van der Waals surface area (Å²) in [4.78, 5) is 2.69. The SMILES string of the molecule is CCC(C(C)C)N1CCNC(Cc2ccccc2)C1. The lowest BCUT2D eigenvalue weighted by molar-refractivity contribution is 0.109. The van der Waals surface area contributed by atoms with E-state index in [0.717, 1.165) is 24.9 Å². The molecular weight excluding hydrogens is 232 g/mol. The van der Waals surface area contributed by atoms with Gasteiger partial charge in [-0.2, -0.15) is 0 Å². The lowest BCUT2D eigenvalue weighted by Crippen LogP contribution is -2.55. The molecule has 0 aromatic heterocycles. The summed E-state index contributed by atoms with van der Waals surface area (Å²) in [6, 6.07) is 12.2. The fraction of sp³-hybridized carbons (Fsp3) is 0.647. The first-order valence-corrected chi connectivity index (χ1v) is 7.72. The summed E-state index contributed by atoms with van der Waals surface area (Å²) in [5.41, 5.74) is 1.44. The minimum Gasteiger partial charge on any atom is -0.311 e. The van der Waals surface area contributed by atoms with E-state index in [1.165, 1.54) is 25.1 Å². The second-order valence-corrected chi connectivity index (χ2v) is 6.06. The standard InChI is InChI=1S/C17H28N2/c1-4-17(14(2)3)19-11-10-18-16(13-19)12-15-8-6-5-7-9-15/h5-9,14,16-18H,4,10-13H2,1-3H3. The second kappa shape index (κ2) is 7.06. The van der Waals surface area contributed by atoms with Crippen molar-refractivity contribution >= 4 is 0 Å². The average Bonchev–Trinajstić information content (AvgIpc) is 2.41. The molecule has 0 saturated carbocycles. The van der Waals surface area contributed by atoms with Gasteiger partial charge in [-0.15, -0.1) is 0 Å². The van der Waals surface area contributed by atoms with Crippen molar-refractivity contribution in [2.24, 2.45) is 5.92 Å². The van der Waals surface area contributed by atoms with Crippen LogP contribution in [0.1, 0.15) is 32.8 Å². The molecule has 2 nitrogen and oxygen atoms in total. The van der Waals surface area contributed by atoms with Gasteiger partial charge < -0.3 is 5.32 Å². The third-order valence-corrected chi connectivity index (χ3v) is 4.27. The van der Waals surface area contributed by atoms with Gasteiger partial charge in [-0.1, -0.05) is 51.1 Å². The molecule has 1 N–H and O–H groups in total. The molecule has 1 aliphatic rings. The normalized spacial score (nSPS) is 22.6. The molecule has 1 saturated heterocycles. The Morgan fingerprint density at radius 2 is 2.00 bits per heavy atom. The van der Waals surface area contributed by atoms with E-state index in [9.17, 15) is 0 Å². The molecule has 1 aliphatic heterocycles. The summed E-state index contributed by atoms with van der Waals surface area (Å²) in [5.74, 6) is 0.750. The predicted octanol–water partition coefficient (Wildman–Crippen LogP) is 2.94. The van der Waals surface area contributed by atoms with Gasteiger partial charge in [0, 0.05) is 31.7 Å². The van der Waals surface area contributed by atoms with Crippen LogP contribution in [0.25, 0.3) is 0 Å². The lowest BCUT2D eigenvalue weighted by Gasteiger charge is -2.40. The van der Waals surface area contributed by atoms with Gasteiger partial charge in [0.25, 0.3) is 0 Å². The summed E-state index contributed by atoms with van der Waals surface area (Å²) in [6.45, 7) is 10.5. The Hall–Kier alpha value is -0.860. The Balaban J connectivity index is 1.93. The minimum atomic E-state index is 0.601. The van der Waals surface area contributed by atoms with Crippen molar-refractivity contribution in [2.75, 3.05) is 19.6 Å². The molecule has 0 spiro atoms. The van der Waals surface area contributed by atoms with E-state index in [1.54, 1.807) is 0 Å².